The SMILES string of the molecule is CC(C)(C)B1OC(C)(C)C(C)(C)O1.CC(C)(C)C(=O)CCCF. The number of alkyl halides is 1. The maximum Gasteiger partial charge on any atom is 0.463 e. The first-order chi connectivity index (χ1) is 10.0. The van der Waals surface area contributed by atoms with Crippen molar-refractivity contribution in [1.29, 1.82) is 0 Å². The minimum Gasteiger partial charge on any atom is -0.403 e. The summed E-state index contributed by atoms with van der Waals surface area (Å²) in [6.07, 6.45) is 0.746. The third-order valence-electron chi connectivity index (χ3n) is 4.33. The zero-order valence-corrected chi connectivity index (χ0v) is 16.8. The fourth-order valence-corrected chi connectivity index (χ4v) is 1.80. The van der Waals surface area contributed by atoms with Gasteiger partial charge in [-0.3, -0.25) is 9.18 Å². The van der Waals surface area contributed by atoms with Crippen molar-refractivity contribution in [3.8, 4) is 0 Å². The Labute approximate surface area is 142 Å². The molecular formula is C18H36BFO3. The molecule has 0 aliphatic carbocycles. The van der Waals surface area contributed by atoms with Crippen LogP contribution in [0, 0.1) is 5.41 Å². The molecular weight excluding hydrogens is 294 g/mol. The topological polar surface area (TPSA) is 35.5 Å². The van der Waals surface area contributed by atoms with Gasteiger partial charge in [-0.15, -0.1) is 0 Å². The van der Waals surface area contributed by atoms with Gasteiger partial charge in [-0.1, -0.05) is 41.5 Å². The molecule has 0 aromatic carbocycles. The summed E-state index contributed by atoms with van der Waals surface area (Å²) in [6.45, 7) is 19.9. The molecule has 5 heteroatoms. The van der Waals surface area contributed by atoms with Crippen LogP contribution < -0.4 is 0 Å². The summed E-state index contributed by atoms with van der Waals surface area (Å²) in [4.78, 5) is 11.1. The van der Waals surface area contributed by atoms with E-state index in [2.05, 4.69) is 48.5 Å². The highest BCUT2D eigenvalue weighted by Crippen LogP contribution is 2.44. The van der Waals surface area contributed by atoms with E-state index in [0.717, 1.165) is 0 Å². The number of rotatable bonds is 3. The normalized spacial score (nSPS) is 20.0. The van der Waals surface area contributed by atoms with Gasteiger partial charge in [-0.05, 0) is 39.4 Å². The van der Waals surface area contributed by atoms with E-state index in [9.17, 15) is 9.18 Å². The van der Waals surface area contributed by atoms with E-state index in [1.165, 1.54) is 0 Å². The average molecular weight is 330 g/mol. The smallest absolute Gasteiger partial charge is 0.403 e. The first kappa shape index (κ1) is 22.6. The maximum absolute atomic E-state index is 11.6. The lowest BCUT2D eigenvalue weighted by Gasteiger charge is -2.32. The molecule has 1 rings (SSSR count). The van der Waals surface area contributed by atoms with Gasteiger partial charge in [0.1, 0.15) is 5.78 Å². The number of carbonyl (C=O) groups is 1. The van der Waals surface area contributed by atoms with Crippen LogP contribution in [0.1, 0.15) is 82.1 Å². The molecule has 1 aliphatic rings. The first-order valence-corrected chi connectivity index (χ1v) is 8.49. The van der Waals surface area contributed by atoms with Crippen molar-refractivity contribution < 1.29 is 18.5 Å². The molecule has 0 saturated carbocycles. The molecule has 23 heavy (non-hydrogen) atoms. The third-order valence-corrected chi connectivity index (χ3v) is 4.33. The van der Waals surface area contributed by atoms with E-state index in [1.54, 1.807) is 0 Å². The van der Waals surface area contributed by atoms with E-state index in [0.29, 0.717) is 12.8 Å². The molecule has 1 heterocycles. The van der Waals surface area contributed by atoms with Gasteiger partial charge >= 0.3 is 7.12 Å². The number of Topliss-reactive ketones (excluding diaryl/α,β-unsaturated/α-hetero) is 1. The van der Waals surface area contributed by atoms with Gasteiger partial charge in [-0.2, -0.15) is 0 Å². The molecule has 3 nitrogen and oxygen atoms in total. The minimum absolute atomic E-state index is 0.0467. The van der Waals surface area contributed by atoms with Crippen LogP contribution in [0.2, 0.25) is 5.31 Å². The Morgan fingerprint density at radius 2 is 1.35 bits per heavy atom. The zero-order valence-electron chi connectivity index (χ0n) is 16.8. The molecule has 1 aliphatic heterocycles. The number of halogens is 1. The van der Waals surface area contributed by atoms with E-state index in [-0.39, 0.29) is 41.5 Å². The van der Waals surface area contributed by atoms with Crippen molar-refractivity contribution in [3.05, 3.63) is 0 Å². The lowest BCUT2D eigenvalue weighted by molar-refractivity contribution is -0.126. The van der Waals surface area contributed by atoms with Crippen molar-refractivity contribution in [1.82, 2.24) is 0 Å². The Morgan fingerprint density at radius 3 is 1.57 bits per heavy atom. The fraction of sp³-hybridized carbons (Fsp3) is 0.944. The van der Waals surface area contributed by atoms with E-state index in [1.807, 2.05) is 20.8 Å². The lowest BCUT2D eigenvalue weighted by atomic mass is 9.61. The third kappa shape index (κ3) is 6.92. The molecule has 0 radical (unpaired) electrons. The minimum atomic E-state index is -0.387. The Bertz CT molecular complexity index is 376. The summed E-state index contributed by atoms with van der Waals surface area (Å²) in [5, 5.41) is 0.0467. The molecule has 0 aromatic rings. The van der Waals surface area contributed by atoms with Gasteiger partial charge in [0.2, 0.25) is 0 Å². The molecule has 0 amide bonds. The molecule has 0 N–H and O–H groups in total. The highest BCUT2D eigenvalue weighted by Gasteiger charge is 2.54. The van der Waals surface area contributed by atoms with Crippen LogP contribution in [0.25, 0.3) is 0 Å². The van der Waals surface area contributed by atoms with Crippen LogP contribution in [-0.4, -0.2) is 30.8 Å². The van der Waals surface area contributed by atoms with Crippen LogP contribution in [0.5, 0.6) is 0 Å². The molecule has 0 spiro atoms. The second kappa shape index (κ2) is 7.65. The van der Waals surface area contributed by atoms with Gasteiger partial charge in [0, 0.05) is 11.8 Å². The summed E-state index contributed by atoms with van der Waals surface area (Å²) in [7, 11) is -0.0995. The Balaban J connectivity index is 0.000000438. The predicted octanol–water partition coefficient (Wildman–Crippen LogP) is 5.23. The van der Waals surface area contributed by atoms with Crippen molar-refractivity contribution in [2.75, 3.05) is 6.67 Å². The molecule has 1 saturated heterocycles. The number of hydrogen-bond acceptors (Lipinski definition) is 3. The van der Waals surface area contributed by atoms with E-state index >= 15 is 0 Å². The number of hydrogen-bond donors (Lipinski definition) is 0. The summed E-state index contributed by atoms with van der Waals surface area (Å²) >= 11 is 0. The standard InChI is InChI=1S/C10H21BO2.C8H15FO/c1-8(2,3)11-12-9(4,5)10(6,7)13-11;1-8(2,3)7(10)5-4-6-9/h1-7H3;4-6H2,1-3H3. The van der Waals surface area contributed by atoms with Gasteiger partial charge in [0.15, 0.2) is 0 Å². The Morgan fingerprint density at radius 1 is 0.957 bits per heavy atom. The summed E-state index contributed by atoms with van der Waals surface area (Å²) in [5.74, 6) is 0.144. The van der Waals surface area contributed by atoms with Crippen LogP contribution in [-0.2, 0) is 14.1 Å². The highest BCUT2D eigenvalue weighted by atomic mass is 19.1. The van der Waals surface area contributed by atoms with Crippen LogP contribution in [0.15, 0.2) is 0 Å². The summed E-state index contributed by atoms with van der Waals surface area (Å²) in [5.41, 5.74) is -0.703. The van der Waals surface area contributed by atoms with Crippen LogP contribution >= 0.6 is 0 Å². The first-order valence-electron chi connectivity index (χ1n) is 8.49. The van der Waals surface area contributed by atoms with Crippen molar-refractivity contribution in [2.24, 2.45) is 5.41 Å². The molecule has 0 unspecified atom stereocenters. The van der Waals surface area contributed by atoms with E-state index in [4.69, 9.17) is 9.31 Å². The zero-order chi connectivity index (χ0) is 18.7. The maximum atomic E-state index is 11.6. The highest BCUT2D eigenvalue weighted by molar-refractivity contribution is 6.49. The van der Waals surface area contributed by atoms with Gasteiger partial charge in [0.05, 0.1) is 17.9 Å². The van der Waals surface area contributed by atoms with E-state index < -0.39 is 0 Å². The van der Waals surface area contributed by atoms with Gasteiger partial charge < -0.3 is 9.31 Å². The number of ketones is 1. The fourth-order valence-electron chi connectivity index (χ4n) is 1.80. The summed E-state index contributed by atoms with van der Waals surface area (Å²) < 4.78 is 23.4. The second-order valence-electron chi connectivity index (χ2n) is 9.42. The molecule has 0 atom stereocenters. The van der Waals surface area contributed by atoms with Crippen molar-refractivity contribution >= 4 is 12.9 Å². The van der Waals surface area contributed by atoms with Crippen molar-refractivity contribution in [2.45, 2.75) is 98.6 Å². The Kier molecular flexibility index (Phi) is 7.51. The predicted molar refractivity (Wildman–Crippen MR) is 95.5 cm³/mol. The monoisotopic (exact) mass is 330 g/mol. The quantitative estimate of drug-likeness (QED) is 0.665. The average Bonchev–Trinajstić information content (AvgIpc) is 2.54. The summed E-state index contributed by atoms with van der Waals surface area (Å²) in [6, 6.07) is 0. The lowest BCUT2D eigenvalue weighted by Crippen LogP contribution is -2.41. The largest absolute Gasteiger partial charge is 0.463 e. The van der Waals surface area contributed by atoms with Gasteiger partial charge in [-0.25, -0.2) is 0 Å². The molecule has 0 aromatic heterocycles. The van der Waals surface area contributed by atoms with Crippen LogP contribution in [0.4, 0.5) is 4.39 Å². The number of carbonyl (C=O) groups excluding carboxylic acids is 1. The molecule has 0 bridgehead atoms. The second-order valence-corrected chi connectivity index (χ2v) is 9.42. The van der Waals surface area contributed by atoms with Gasteiger partial charge in [0.25, 0.3) is 0 Å². The van der Waals surface area contributed by atoms with Crippen LogP contribution in [0.3, 0.4) is 0 Å². The Hall–Kier alpha value is -0.415. The molecule has 136 valence electrons. The molecule has 1 fully saturated rings. The van der Waals surface area contributed by atoms with Crippen molar-refractivity contribution in [3.63, 3.8) is 0 Å².